The van der Waals surface area contributed by atoms with Crippen molar-refractivity contribution in [2.75, 3.05) is 46.4 Å². The predicted molar refractivity (Wildman–Crippen MR) is 149 cm³/mol. The van der Waals surface area contributed by atoms with Crippen LogP contribution in [0.3, 0.4) is 0 Å². The zero-order valence-electron chi connectivity index (χ0n) is 22.1. The van der Waals surface area contributed by atoms with Crippen LogP contribution in [0.1, 0.15) is 33.6 Å². The van der Waals surface area contributed by atoms with Crippen LogP contribution in [0, 0.1) is 0 Å². The second kappa shape index (κ2) is 12.6. The molecule has 0 atom stereocenters. The van der Waals surface area contributed by atoms with Crippen molar-refractivity contribution in [1.29, 1.82) is 0 Å². The number of sulfonamides is 1. The number of piperazine rings is 1. The second-order valence-corrected chi connectivity index (χ2v) is 12.7. The summed E-state index contributed by atoms with van der Waals surface area (Å²) in [4.78, 5) is 21.3. The van der Waals surface area contributed by atoms with Crippen molar-refractivity contribution >= 4 is 27.3 Å². The van der Waals surface area contributed by atoms with Gasteiger partial charge in [0, 0.05) is 64.8 Å². The van der Waals surface area contributed by atoms with Crippen LogP contribution in [0.2, 0.25) is 0 Å². The predicted octanol–water partition coefficient (Wildman–Crippen LogP) is 3.48. The number of benzene rings is 1. The summed E-state index contributed by atoms with van der Waals surface area (Å²) < 4.78 is 38.8. The van der Waals surface area contributed by atoms with E-state index in [4.69, 9.17) is 9.47 Å². The Morgan fingerprint density at radius 3 is 2.33 bits per heavy atom. The van der Waals surface area contributed by atoms with Crippen LogP contribution in [0.5, 0.6) is 5.75 Å². The minimum absolute atomic E-state index is 0.0179. The molecular formula is C28H34N4O5S2. The molecule has 2 saturated heterocycles. The van der Waals surface area contributed by atoms with Gasteiger partial charge in [0.1, 0.15) is 21.6 Å². The van der Waals surface area contributed by atoms with E-state index in [1.54, 1.807) is 5.38 Å². The van der Waals surface area contributed by atoms with Gasteiger partial charge >= 0.3 is 5.97 Å². The standard InChI is InChI=1S/C28H34N4O5S2/c1-36-28(33)27-26(9-17-38-27)39(34,35)32-11-7-24(8-12-32)37-25-6-2-4-22(18-25)20-30-13-15-31(16-14-30)21-23-5-3-10-29-19-23/h2-6,9-10,17-19,24H,7-8,11-16,20-21H2,1H3. The summed E-state index contributed by atoms with van der Waals surface area (Å²) >= 11 is 1.08. The molecule has 5 rings (SSSR count). The van der Waals surface area contributed by atoms with E-state index in [1.807, 2.05) is 30.6 Å². The van der Waals surface area contributed by atoms with E-state index in [1.165, 1.54) is 28.6 Å². The number of methoxy groups -OCH3 is 1. The quantitative estimate of drug-likeness (QED) is 0.361. The van der Waals surface area contributed by atoms with Crippen LogP contribution >= 0.6 is 11.3 Å². The van der Waals surface area contributed by atoms with Gasteiger partial charge in [-0.1, -0.05) is 18.2 Å². The summed E-state index contributed by atoms with van der Waals surface area (Å²) in [6.07, 6.45) is 4.85. The van der Waals surface area contributed by atoms with E-state index in [2.05, 4.69) is 33.0 Å². The number of hydrogen-bond acceptors (Lipinski definition) is 9. The molecule has 4 heterocycles. The average molecular weight is 571 g/mol. The lowest BCUT2D eigenvalue weighted by molar-refractivity contribution is 0.0602. The fourth-order valence-corrected chi connectivity index (χ4v) is 7.87. The molecule has 0 spiro atoms. The first kappa shape index (κ1) is 27.7. The average Bonchev–Trinajstić information content (AvgIpc) is 3.46. The number of thiophene rings is 1. The first-order chi connectivity index (χ1) is 18.9. The van der Waals surface area contributed by atoms with E-state index in [9.17, 15) is 13.2 Å². The van der Waals surface area contributed by atoms with Crippen molar-refractivity contribution in [2.45, 2.75) is 36.9 Å². The molecule has 39 heavy (non-hydrogen) atoms. The molecule has 2 aliphatic rings. The zero-order chi connectivity index (χ0) is 27.2. The molecule has 11 heteroatoms. The van der Waals surface area contributed by atoms with Gasteiger partial charge in [0.05, 0.1) is 7.11 Å². The fourth-order valence-electron chi connectivity index (χ4n) is 5.09. The first-order valence-corrected chi connectivity index (χ1v) is 15.5. The van der Waals surface area contributed by atoms with Gasteiger partial charge in [-0.3, -0.25) is 14.8 Å². The Kier molecular flexibility index (Phi) is 8.93. The maximum Gasteiger partial charge on any atom is 0.349 e. The lowest BCUT2D eigenvalue weighted by atomic mass is 10.1. The van der Waals surface area contributed by atoms with E-state index >= 15 is 0 Å². The molecule has 0 aliphatic carbocycles. The van der Waals surface area contributed by atoms with Crippen molar-refractivity contribution in [3.8, 4) is 5.75 Å². The number of esters is 1. The van der Waals surface area contributed by atoms with Gasteiger partial charge in [-0.25, -0.2) is 13.2 Å². The number of hydrogen-bond donors (Lipinski definition) is 0. The first-order valence-electron chi connectivity index (χ1n) is 13.2. The van der Waals surface area contributed by atoms with Crippen molar-refractivity contribution in [3.63, 3.8) is 0 Å². The minimum atomic E-state index is -3.77. The van der Waals surface area contributed by atoms with E-state index in [-0.39, 0.29) is 15.9 Å². The van der Waals surface area contributed by atoms with Crippen LogP contribution in [-0.2, 0) is 27.8 Å². The third kappa shape index (κ3) is 6.85. The Balaban J connectivity index is 1.11. The molecule has 0 N–H and O–H groups in total. The summed E-state index contributed by atoms with van der Waals surface area (Å²) in [6.45, 7) is 6.57. The number of nitrogens with zero attached hydrogens (tertiary/aromatic N) is 4. The second-order valence-electron chi connectivity index (χ2n) is 9.89. The maximum absolute atomic E-state index is 13.2. The molecule has 2 aliphatic heterocycles. The molecule has 0 amide bonds. The summed E-state index contributed by atoms with van der Waals surface area (Å²) in [5.74, 6) is 0.183. The molecule has 2 aromatic heterocycles. The van der Waals surface area contributed by atoms with E-state index in [0.29, 0.717) is 25.9 Å². The summed E-state index contributed by atoms with van der Waals surface area (Å²) in [6, 6.07) is 13.8. The zero-order valence-corrected chi connectivity index (χ0v) is 23.7. The molecular weight excluding hydrogens is 536 g/mol. The highest BCUT2D eigenvalue weighted by Gasteiger charge is 2.34. The number of aromatic nitrogens is 1. The number of pyridine rings is 1. The third-order valence-electron chi connectivity index (χ3n) is 7.22. The Morgan fingerprint density at radius 1 is 0.974 bits per heavy atom. The lowest BCUT2D eigenvalue weighted by Crippen LogP contribution is -2.45. The van der Waals surface area contributed by atoms with Gasteiger partial charge in [-0.15, -0.1) is 11.3 Å². The van der Waals surface area contributed by atoms with Gasteiger partial charge in [-0.2, -0.15) is 4.31 Å². The van der Waals surface area contributed by atoms with Crippen LogP contribution < -0.4 is 4.74 Å². The summed E-state index contributed by atoms with van der Waals surface area (Å²) in [5, 5.41) is 1.60. The smallest absolute Gasteiger partial charge is 0.349 e. The normalized spacial score (nSPS) is 18.2. The highest BCUT2D eigenvalue weighted by Crippen LogP contribution is 2.29. The molecule has 0 saturated carbocycles. The molecule has 208 valence electrons. The van der Waals surface area contributed by atoms with Crippen LogP contribution in [0.25, 0.3) is 0 Å². The van der Waals surface area contributed by atoms with Crippen LogP contribution in [0.15, 0.2) is 65.1 Å². The van der Waals surface area contributed by atoms with Crippen molar-refractivity contribution in [1.82, 2.24) is 19.1 Å². The Bertz CT molecular complexity index is 1350. The van der Waals surface area contributed by atoms with Gasteiger partial charge in [-0.05, 0) is 53.6 Å². The molecule has 0 bridgehead atoms. The van der Waals surface area contributed by atoms with Gasteiger partial charge in [0.2, 0.25) is 10.0 Å². The molecule has 0 unspecified atom stereocenters. The molecule has 9 nitrogen and oxygen atoms in total. The maximum atomic E-state index is 13.2. The summed E-state index contributed by atoms with van der Waals surface area (Å²) in [7, 11) is -2.52. The third-order valence-corrected chi connectivity index (χ3v) is 10.2. The number of ether oxygens (including phenoxy) is 2. The lowest BCUT2D eigenvalue weighted by Gasteiger charge is -2.34. The number of carbonyl (C=O) groups is 1. The molecule has 3 aromatic rings. The Morgan fingerprint density at radius 2 is 1.67 bits per heavy atom. The highest BCUT2D eigenvalue weighted by atomic mass is 32.2. The van der Waals surface area contributed by atoms with E-state index in [0.717, 1.165) is 56.4 Å². The largest absolute Gasteiger partial charge is 0.490 e. The van der Waals surface area contributed by atoms with Gasteiger partial charge in [0.15, 0.2) is 0 Å². The topological polar surface area (TPSA) is 92.3 Å². The molecule has 2 fully saturated rings. The number of rotatable bonds is 9. The van der Waals surface area contributed by atoms with Crippen molar-refractivity contribution in [2.24, 2.45) is 0 Å². The van der Waals surface area contributed by atoms with Gasteiger partial charge in [0.25, 0.3) is 0 Å². The fraction of sp³-hybridized carbons (Fsp3) is 0.429. The minimum Gasteiger partial charge on any atom is -0.490 e. The Hall–Kier alpha value is -2.83. The summed E-state index contributed by atoms with van der Waals surface area (Å²) in [5.41, 5.74) is 2.46. The monoisotopic (exact) mass is 570 g/mol. The number of carbonyl (C=O) groups excluding carboxylic acids is 1. The van der Waals surface area contributed by atoms with Crippen LogP contribution in [-0.4, -0.2) is 86.0 Å². The molecule has 1 aromatic carbocycles. The SMILES string of the molecule is COC(=O)c1sccc1S(=O)(=O)N1CCC(Oc2cccc(CN3CCN(Cc4cccnc4)CC3)c2)CC1. The van der Waals surface area contributed by atoms with Crippen molar-refractivity contribution in [3.05, 3.63) is 76.2 Å². The van der Waals surface area contributed by atoms with Gasteiger partial charge < -0.3 is 9.47 Å². The van der Waals surface area contributed by atoms with Crippen LogP contribution in [0.4, 0.5) is 0 Å². The highest BCUT2D eigenvalue weighted by molar-refractivity contribution is 7.89. The van der Waals surface area contributed by atoms with E-state index < -0.39 is 16.0 Å². The molecule has 0 radical (unpaired) electrons. The number of piperidine rings is 1. The Labute approximate surface area is 234 Å². The van der Waals surface area contributed by atoms with Crippen molar-refractivity contribution < 1.29 is 22.7 Å².